The highest BCUT2D eigenvalue weighted by Crippen LogP contribution is 2.32. The second kappa shape index (κ2) is 8.06. The van der Waals surface area contributed by atoms with Gasteiger partial charge in [-0.1, -0.05) is 47.6 Å². The molecule has 0 saturated carbocycles. The third-order valence-electron chi connectivity index (χ3n) is 5.19. The van der Waals surface area contributed by atoms with Crippen molar-refractivity contribution >= 4 is 5.91 Å². The van der Waals surface area contributed by atoms with E-state index in [-0.39, 0.29) is 12.0 Å². The summed E-state index contributed by atoms with van der Waals surface area (Å²) >= 11 is 0. The number of carbonyl (C=O) groups excluding carboxylic acids is 1. The van der Waals surface area contributed by atoms with Crippen molar-refractivity contribution in [1.82, 2.24) is 24.8 Å². The molecule has 0 bridgehead atoms. The minimum Gasteiger partial charge on any atom is -0.486 e. The minimum atomic E-state index is -0.102. The Kier molecular flexibility index (Phi) is 4.95. The predicted molar refractivity (Wildman–Crippen MR) is 113 cm³/mol. The summed E-state index contributed by atoms with van der Waals surface area (Å²) in [4.78, 5) is 18.8. The molecule has 0 aliphatic carbocycles. The number of amides is 1. The van der Waals surface area contributed by atoms with Gasteiger partial charge in [-0.3, -0.25) is 9.48 Å². The van der Waals surface area contributed by atoms with E-state index >= 15 is 0 Å². The van der Waals surface area contributed by atoms with Crippen LogP contribution in [0.4, 0.5) is 0 Å². The molecule has 8 heteroatoms. The summed E-state index contributed by atoms with van der Waals surface area (Å²) in [6.07, 6.45) is 1.71. The molecule has 0 radical (unpaired) electrons. The van der Waals surface area contributed by atoms with Gasteiger partial charge in [-0.15, -0.1) is 0 Å². The zero-order chi connectivity index (χ0) is 21.2. The number of hydrogen-bond donors (Lipinski definition) is 0. The summed E-state index contributed by atoms with van der Waals surface area (Å²) in [5.74, 6) is 1.49. The fraction of sp³-hybridized carbons (Fsp3) is 0.217. The van der Waals surface area contributed by atoms with Gasteiger partial charge in [0.05, 0.1) is 18.7 Å². The average Bonchev–Trinajstić information content (AvgIpc) is 3.46. The summed E-state index contributed by atoms with van der Waals surface area (Å²) < 4.78 is 13.4. The van der Waals surface area contributed by atoms with Gasteiger partial charge in [-0.25, -0.2) is 0 Å². The number of hydrogen-bond acceptors (Lipinski definition) is 6. The summed E-state index contributed by atoms with van der Waals surface area (Å²) in [7, 11) is 0. The van der Waals surface area contributed by atoms with Crippen LogP contribution in [0.5, 0.6) is 5.75 Å². The molecule has 1 aliphatic rings. The fourth-order valence-corrected chi connectivity index (χ4v) is 3.46. The molecule has 2 aromatic heterocycles. The molecule has 1 saturated heterocycles. The number of aromatic nitrogens is 4. The van der Waals surface area contributed by atoms with Crippen molar-refractivity contribution in [2.24, 2.45) is 0 Å². The lowest BCUT2D eigenvalue weighted by molar-refractivity contribution is 0.0174. The van der Waals surface area contributed by atoms with Gasteiger partial charge in [0.1, 0.15) is 17.5 Å². The molecule has 4 aromatic rings. The van der Waals surface area contributed by atoms with Crippen LogP contribution in [0.2, 0.25) is 0 Å². The normalized spacial score (nSPS) is 13.8. The van der Waals surface area contributed by atoms with Crippen LogP contribution < -0.4 is 4.74 Å². The standard InChI is InChI=1S/C23H21N5O3/c1-2-28-13-12-19(25-28)23(29)27-14-17(15-27)30-20-11-7-6-10-18(20)22-24-21(26-31-22)16-8-4-3-5-9-16/h3-13,17H,2,14-15H2,1H3. The van der Waals surface area contributed by atoms with Crippen LogP contribution in [0, 0.1) is 0 Å². The molecule has 0 N–H and O–H groups in total. The van der Waals surface area contributed by atoms with E-state index in [9.17, 15) is 4.79 Å². The fourth-order valence-electron chi connectivity index (χ4n) is 3.46. The maximum atomic E-state index is 12.5. The van der Waals surface area contributed by atoms with Gasteiger partial charge >= 0.3 is 0 Å². The van der Waals surface area contributed by atoms with Crippen LogP contribution in [-0.2, 0) is 6.54 Å². The van der Waals surface area contributed by atoms with E-state index in [0.29, 0.717) is 36.2 Å². The lowest BCUT2D eigenvalue weighted by atomic mass is 10.1. The van der Waals surface area contributed by atoms with Gasteiger partial charge in [-0.2, -0.15) is 10.1 Å². The Morgan fingerprint density at radius 2 is 1.87 bits per heavy atom. The summed E-state index contributed by atoms with van der Waals surface area (Å²) in [5, 5.41) is 8.37. The highest BCUT2D eigenvalue weighted by Gasteiger charge is 2.34. The van der Waals surface area contributed by atoms with Crippen molar-refractivity contribution in [3.63, 3.8) is 0 Å². The number of ether oxygens (including phenoxy) is 1. The Morgan fingerprint density at radius 3 is 2.65 bits per heavy atom. The van der Waals surface area contributed by atoms with E-state index in [2.05, 4.69) is 15.2 Å². The summed E-state index contributed by atoms with van der Waals surface area (Å²) in [5.41, 5.74) is 2.07. The largest absolute Gasteiger partial charge is 0.486 e. The van der Waals surface area contributed by atoms with Gasteiger partial charge in [0.2, 0.25) is 5.82 Å². The first-order valence-electron chi connectivity index (χ1n) is 10.2. The molecular weight excluding hydrogens is 394 g/mol. The smallest absolute Gasteiger partial charge is 0.274 e. The number of nitrogens with zero attached hydrogens (tertiary/aromatic N) is 5. The Morgan fingerprint density at radius 1 is 1.10 bits per heavy atom. The topological polar surface area (TPSA) is 86.3 Å². The first kappa shape index (κ1) is 19.0. The van der Waals surface area contributed by atoms with Crippen molar-refractivity contribution in [3.05, 3.63) is 72.6 Å². The van der Waals surface area contributed by atoms with Crippen LogP contribution in [0.15, 0.2) is 71.4 Å². The van der Waals surface area contributed by atoms with Crippen LogP contribution in [0.1, 0.15) is 17.4 Å². The second-order valence-electron chi connectivity index (χ2n) is 7.29. The van der Waals surface area contributed by atoms with Gasteiger partial charge in [0.15, 0.2) is 0 Å². The molecule has 1 fully saturated rings. The van der Waals surface area contributed by atoms with E-state index < -0.39 is 0 Å². The molecule has 1 aliphatic heterocycles. The van der Waals surface area contributed by atoms with Crippen LogP contribution in [-0.4, -0.2) is 49.9 Å². The van der Waals surface area contributed by atoms with E-state index in [4.69, 9.17) is 9.26 Å². The van der Waals surface area contributed by atoms with E-state index in [1.807, 2.05) is 67.7 Å². The molecule has 0 unspecified atom stereocenters. The zero-order valence-corrected chi connectivity index (χ0v) is 17.0. The molecule has 3 heterocycles. The number of carbonyl (C=O) groups is 1. The van der Waals surface area contributed by atoms with Crippen molar-refractivity contribution in [2.45, 2.75) is 19.6 Å². The SMILES string of the molecule is CCn1ccc(C(=O)N2CC(Oc3ccccc3-c3nc(-c4ccccc4)no3)C2)n1. The Balaban J connectivity index is 1.27. The average molecular weight is 415 g/mol. The molecule has 2 aromatic carbocycles. The highest BCUT2D eigenvalue weighted by molar-refractivity contribution is 5.92. The first-order chi connectivity index (χ1) is 15.2. The minimum absolute atomic E-state index is 0.0789. The number of rotatable bonds is 6. The maximum Gasteiger partial charge on any atom is 0.274 e. The molecule has 8 nitrogen and oxygen atoms in total. The second-order valence-corrected chi connectivity index (χ2v) is 7.29. The number of benzene rings is 2. The lowest BCUT2D eigenvalue weighted by Crippen LogP contribution is -2.56. The van der Waals surface area contributed by atoms with Crippen LogP contribution in [0.25, 0.3) is 22.8 Å². The maximum absolute atomic E-state index is 12.5. The Labute approximate surface area is 179 Å². The third-order valence-corrected chi connectivity index (χ3v) is 5.19. The van der Waals surface area contributed by atoms with Crippen molar-refractivity contribution in [3.8, 4) is 28.6 Å². The van der Waals surface area contributed by atoms with Gasteiger partial charge in [0, 0.05) is 18.3 Å². The van der Waals surface area contributed by atoms with Gasteiger partial charge < -0.3 is 14.2 Å². The Bertz CT molecular complexity index is 1190. The quantitative estimate of drug-likeness (QED) is 0.479. The first-order valence-corrected chi connectivity index (χ1v) is 10.2. The molecule has 156 valence electrons. The molecule has 0 atom stereocenters. The predicted octanol–water partition coefficient (Wildman–Crippen LogP) is 3.52. The van der Waals surface area contributed by atoms with E-state index in [1.54, 1.807) is 15.6 Å². The number of likely N-dealkylation sites (tertiary alicyclic amines) is 1. The van der Waals surface area contributed by atoms with Crippen molar-refractivity contribution in [2.75, 3.05) is 13.1 Å². The van der Waals surface area contributed by atoms with E-state index in [1.165, 1.54) is 0 Å². The van der Waals surface area contributed by atoms with Gasteiger partial charge in [0.25, 0.3) is 11.8 Å². The zero-order valence-electron chi connectivity index (χ0n) is 17.0. The van der Waals surface area contributed by atoms with Crippen LogP contribution in [0.3, 0.4) is 0 Å². The molecule has 1 amide bonds. The molecule has 0 spiro atoms. The highest BCUT2D eigenvalue weighted by atomic mass is 16.5. The number of para-hydroxylation sites is 1. The third kappa shape index (κ3) is 3.79. The monoisotopic (exact) mass is 415 g/mol. The van der Waals surface area contributed by atoms with Crippen molar-refractivity contribution < 1.29 is 14.1 Å². The van der Waals surface area contributed by atoms with E-state index in [0.717, 1.165) is 17.7 Å². The summed E-state index contributed by atoms with van der Waals surface area (Å²) in [6, 6.07) is 19.0. The summed E-state index contributed by atoms with van der Waals surface area (Å²) in [6.45, 7) is 3.73. The molecule has 5 rings (SSSR count). The van der Waals surface area contributed by atoms with Crippen LogP contribution >= 0.6 is 0 Å². The Hall–Kier alpha value is -3.94. The molecular formula is C23H21N5O3. The van der Waals surface area contributed by atoms with Crippen molar-refractivity contribution in [1.29, 1.82) is 0 Å². The van der Waals surface area contributed by atoms with Gasteiger partial charge in [-0.05, 0) is 25.1 Å². The lowest BCUT2D eigenvalue weighted by Gasteiger charge is -2.38. The molecule has 31 heavy (non-hydrogen) atoms. The number of aryl methyl sites for hydroxylation is 1.